The number of hydrogen-bond donors (Lipinski definition) is 1. The van der Waals surface area contributed by atoms with Crippen molar-refractivity contribution in [1.29, 1.82) is 0 Å². The van der Waals surface area contributed by atoms with Gasteiger partial charge in [-0.3, -0.25) is 4.79 Å². The largest absolute Gasteiger partial charge is 0.364 e. The van der Waals surface area contributed by atoms with Crippen molar-refractivity contribution in [1.82, 2.24) is 4.98 Å². The van der Waals surface area contributed by atoms with E-state index in [0.717, 1.165) is 24.0 Å². The van der Waals surface area contributed by atoms with Gasteiger partial charge >= 0.3 is 0 Å². The summed E-state index contributed by atoms with van der Waals surface area (Å²) in [5.74, 6) is 0.633. The highest BCUT2D eigenvalue weighted by atomic mass is 16.1. The molecule has 0 aliphatic heterocycles. The van der Waals surface area contributed by atoms with Crippen molar-refractivity contribution in [2.24, 2.45) is 5.92 Å². The molecule has 0 radical (unpaired) electrons. The van der Waals surface area contributed by atoms with Crippen molar-refractivity contribution < 1.29 is 4.79 Å². The van der Waals surface area contributed by atoms with Gasteiger partial charge in [0.15, 0.2) is 6.29 Å². The quantitative estimate of drug-likeness (QED) is 0.659. The number of aldehydes is 1. The van der Waals surface area contributed by atoms with Crippen LogP contribution in [0, 0.1) is 5.92 Å². The van der Waals surface area contributed by atoms with Crippen LogP contribution in [0.2, 0.25) is 0 Å². The predicted molar refractivity (Wildman–Crippen MR) is 44.7 cm³/mol. The monoisotopic (exact) mass is 151 g/mol. The first kappa shape index (κ1) is 8.05. The van der Waals surface area contributed by atoms with E-state index in [2.05, 4.69) is 18.8 Å². The van der Waals surface area contributed by atoms with Crippen LogP contribution in [0.25, 0.3) is 0 Å². The summed E-state index contributed by atoms with van der Waals surface area (Å²) in [7, 11) is 0. The number of carbonyl (C=O) groups is 1. The SMILES string of the molecule is CC(C)Cc1cc(C=O)c[nH]1. The van der Waals surface area contributed by atoms with Gasteiger partial charge in [-0.15, -0.1) is 0 Å². The molecule has 60 valence electrons. The van der Waals surface area contributed by atoms with Crippen LogP contribution in [-0.4, -0.2) is 11.3 Å². The van der Waals surface area contributed by atoms with Crippen LogP contribution in [0.3, 0.4) is 0 Å². The molecule has 2 nitrogen and oxygen atoms in total. The van der Waals surface area contributed by atoms with Crippen molar-refractivity contribution in [2.75, 3.05) is 0 Å². The molecule has 0 saturated carbocycles. The molecule has 2 heteroatoms. The van der Waals surface area contributed by atoms with Crippen molar-refractivity contribution in [3.05, 3.63) is 23.5 Å². The van der Waals surface area contributed by atoms with Crippen LogP contribution in [0.5, 0.6) is 0 Å². The maximum Gasteiger partial charge on any atom is 0.151 e. The van der Waals surface area contributed by atoms with Gasteiger partial charge in [0.25, 0.3) is 0 Å². The molecule has 11 heavy (non-hydrogen) atoms. The fourth-order valence-electron chi connectivity index (χ4n) is 1.09. The minimum atomic E-state index is 0.633. The molecule has 0 atom stereocenters. The first-order valence-electron chi connectivity index (χ1n) is 3.85. The average Bonchev–Trinajstić information content (AvgIpc) is 2.34. The van der Waals surface area contributed by atoms with E-state index >= 15 is 0 Å². The zero-order valence-corrected chi connectivity index (χ0v) is 6.92. The number of H-pyrrole nitrogens is 1. The Morgan fingerprint density at radius 2 is 2.36 bits per heavy atom. The van der Waals surface area contributed by atoms with Gasteiger partial charge in [0.2, 0.25) is 0 Å². The second-order valence-corrected chi connectivity index (χ2v) is 3.17. The van der Waals surface area contributed by atoms with E-state index in [4.69, 9.17) is 0 Å². The van der Waals surface area contributed by atoms with E-state index in [9.17, 15) is 4.79 Å². The normalized spacial score (nSPS) is 10.5. The Morgan fingerprint density at radius 1 is 1.64 bits per heavy atom. The van der Waals surface area contributed by atoms with Crippen LogP contribution in [0.1, 0.15) is 29.9 Å². The van der Waals surface area contributed by atoms with Crippen LogP contribution in [0.15, 0.2) is 12.3 Å². The maximum absolute atomic E-state index is 10.3. The summed E-state index contributed by atoms with van der Waals surface area (Å²) in [4.78, 5) is 13.3. The molecule has 1 aromatic heterocycles. The Bertz CT molecular complexity index is 237. The van der Waals surface area contributed by atoms with E-state index in [-0.39, 0.29) is 0 Å². The molecule has 0 unspecified atom stereocenters. The lowest BCUT2D eigenvalue weighted by molar-refractivity contribution is 0.112. The first-order valence-corrected chi connectivity index (χ1v) is 3.85. The Labute approximate surface area is 66.6 Å². The summed E-state index contributed by atoms with van der Waals surface area (Å²) >= 11 is 0. The summed E-state index contributed by atoms with van der Waals surface area (Å²) < 4.78 is 0. The van der Waals surface area contributed by atoms with Crippen LogP contribution >= 0.6 is 0 Å². The zero-order valence-electron chi connectivity index (χ0n) is 6.92. The van der Waals surface area contributed by atoms with Gasteiger partial charge in [-0.2, -0.15) is 0 Å². The second-order valence-electron chi connectivity index (χ2n) is 3.17. The highest BCUT2D eigenvalue weighted by molar-refractivity contribution is 5.74. The number of aromatic amines is 1. The average molecular weight is 151 g/mol. The highest BCUT2D eigenvalue weighted by Crippen LogP contribution is 2.07. The fourth-order valence-corrected chi connectivity index (χ4v) is 1.09. The third kappa shape index (κ3) is 2.22. The van der Waals surface area contributed by atoms with Gasteiger partial charge in [0, 0.05) is 17.5 Å². The first-order chi connectivity index (χ1) is 5.22. The van der Waals surface area contributed by atoms with Crippen molar-refractivity contribution in [3.8, 4) is 0 Å². The van der Waals surface area contributed by atoms with Crippen molar-refractivity contribution >= 4 is 6.29 Å². The number of hydrogen-bond acceptors (Lipinski definition) is 1. The standard InChI is InChI=1S/C9H13NO/c1-7(2)3-9-4-8(6-11)5-10-9/h4-7,10H,3H2,1-2H3. The van der Waals surface area contributed by atoms with Crippen LogP contribution < -0.4 is 0 Å². The lowest BCUT2D eigenvalue weighted by atomic mass is 10.1. The van der Waals surface area contributed by atoms with Gasteiger partial charge in [-0.05, 0) is 18.4 Å². The highest BCUT2D eigenvalue weighted by Gasteiger charge is 1.99. The van der Waals surface area contributed by atoms with Crippen LogP contribution in [-0.2, 0) is 6.42 Å². The molecule has 0 amide bonds. The van der Waals surface area contributed by atoms with Gasteiger partial charge in [0.05, 0.1) is 0 Å². The van der Waals surface area contributed by atoms with E-state index in [1.165, 1.54) is 0 Å². The summed E-state index contributed by atoms with van der Waals surface area (Å²) in [6.07, 6.45) is 3.61. The Morgan fingerprint density at radius 3 is 2.82 bits per heavy atom. The second kappa shape index (κ2) is 3.37. The Balaban J connectivity index is 2.65. The van der Waals surface area contributed by atoms with Gasteiger partial charge in [-0.1, -0.05) is 13.8 Å². The zero-order chi connectivity index (χ0) is 8.27. The van der Waals surface area contributed by atoms with Gasteiger partial charge in [0.1, 0.15) is 0 Å². The molecule has 0 aliphatic carbocycles. The lowest BCUT2D eigenvalue weighted by Crippen LogP contribution is -1.92. The van der Waals surface area contributed by atoms with Crippen molar-refractivity contribution in [3.63, 3.8) is 0 Å². The molecule has 1 aromatic rings. The molecule has 1 heterocycles. The number of rotatable bonds is 3. The minimum absolute atomic E-state index is 0.633. The number of carbonyl (C=O) groups excluding carboxylic acids is 1. The molecular weight excluding hydrogens is 138 g/mol. The Kier molecular flexibility index (Phi) is 2.47. The molecule has 0 bridgehead atoms. The van der Waals surface area contributed by atoms with E-state index < -0.39 is 0 Å². The van der Waals surface area contributed by atoms with E-state index in [1.807, 2.05) is 6.07 Å². The molecule has 0 spiro atoms. The van der Waals surface area contributed by atoms with Crippen molar-refractivity contribution in [2.45, 2.75) is 20.3 Å². The molecular formula is C9H13NO. The minimum Gasteiger partial charge on any atom is -0.364 e. The molecule has 1 rings (SSSR count). The number of nitrogens with one attached hydrogen (secondary N) is 1. The van der Waals surface area contributed by atoms with Crippen LogP contribution in [0.4, 0.5) is 0 Å². The molecule has 0 saturated heterocycles. The summed E-state index contributed by atoms with van der Waals surface area (Å²) in [5.41, 5.74) is 1.88. The van der Waals surface area contributed by atoms with E-state index in [0.29, 0.717) is 5.92 Å². The maximum atomic E-state index is 10.3. The third-order valence-electron chi connectivity index (χ3n) is 1.53. The molecule has 0 aromatic carbocycles. The molecule has 0 fully saturated rings. The Hall–Kier alpha value is -1.05. The van der Waals surface area contributed by atoms with Gasteiger partial charge < -0.3 is 4.98 Å². The topological polar surface area (TPSA) is 32.9 Å². The summed E-state index contributed by atoms with van der Waals surface area (Å²) in [5, 5.41) is 0. The lowest BCUT2D eigenvalue weighted by Gasteiger charge is -1.99. The number of aromatic nitrogens is 1. The van der Waals surface area contributed by atoms with Gasteiger partial charge in [-0.25, -0.2) is 0 Å². The molecule has 1 N–H and O–H groups in total. The molecule has 0 aliphatic rings. The smallest absolute Gasteiger partial charge is 0.151 e. The summed E-state index contributed by atoms with van der Waals surface area (Å²) in [6.45, 7) is 4.31. The fraction of sp³-hybridized carbons (Fsp3) is 0.444. The predicted octanol–water partition coefficient (Wildman–Crippen LogP) is 2.03. The van der Waals surface area contributed by atoms with E-state index in [1.54, 1.807) is 6.20 Å². The third-order valence-corrected chi connectivity index (χ3v) is 1.53. The summed E-state index contributed by atoms with van der Waals surface area (Å²) in [6, 6.07) is 1.90.